The van der Waals surface area contributed by atoms with Crippen molar-refractivity contribution in [2.24, 2.45) is 161 Å². The van der Waals surface area contributed by atoms with Crippen LogP contribution in [0.25, 0.3) is 0 Å². The smallest absolute Gasteiger partial charge is 0.312 e. The summed E-state index contributed by atoms with van der Waals surface area (Å²) in [7, 11) is 0. The second-order valence-corrected chi connectivity index (χ2v) is 55.4. The first-order valence-electron chi connectivity index (χ1n) is 55.7. The zero-order chi connectivity index (χ0) is 98.0. The Bertz CT molecular complexity index is 3890. The molecule has 870 valence electrons. The zero-order valence-electron chi connectivity index (χ0n) is 91.2. The SMILES string of the molecule is C.C.C.C.C.C.C.C.C.C.C.C.C.C.CCC(C)(C)C(=O)OC(C)(C)C12CC3CC(CC(C3)C1)C2.CCC(C)(C)C(=O)OC1(C)C2CC3CC(C2)CC1C3.CCC(C)(C)C(=O)OC1(C)CC2CC1C1CCCC21.CCC(C)(C)C(=O)OC1(C)CC2CCC1(C)C2(C)C.CCC(C)(C)C(=O)OC1(C)CC2CCC1C2.CCC(C)(C)C(=O)OC1(C)CCC2CCCCC2C1.CCC(C)(C)C(=O)OC1(C)CCCC2CCCCC21. The average molecular weight is 2070 g/mol. The number of carbonyl (C=O) groups is 7. The predicted octanol–water partition coefficient (Wildman–Crippen LogP) is 39.8. The highest BCUT2D eigenvalue weighted by molar-refractivity contribution is 5.79. The van der Waals surface area contributed by atoms with Gasteiger partial charge in [-0.2, -0.15) is 0 Å². The number of hydrogen-bond acceptors (Lipinski definition) is 14. The zero-order valence-corrected chi connectivity index (χ0v) is 91.2. The Hall–Kier alpha value is -3.71. The Kier molecular flexibility index (Phi) is 56.2. The van der Waals surface area contributed by atoms with Crippen molar-refractivity contribution in [3.63, 3.8) is 0 Å². The fraction of sp³-hybridized carbons (Fsp3) is 0.947. The van der Waals surface area contributed by atoms with E-state index in [-0.39, 0.29) is 239 Å². The van der Waals surface area contributed by atoms with Gasteiger partial charge in [0.1, 0.15) is 39.2 Å². The first-order chi connectivity index (χ1) is 61.0. The summed E-state index contributed by atoms with van der Waals surface area (Å²) in [5.41, 5.74) is -3.28. The van der Waals surface area contributed by atoms with E-state index in [0.717, 1.165) is 154 Å². The number of rotatable bonds is 22. The van der Waals surface area contributed by atoms with Crippen molar-refractivity contribution < 1.29 is 66.7 Å². The van der Waals surface area contributed by atoms with Crippen molar-refractivity contribution in [1.29, 1.82) is 0 Å². The highest BCUT2D eigenvalue weighted by Gasteiger charge is 2.70. The maximum absolute atomic E-state index is 12.6. The molecule has 17 atom stereocenters. The summed E-state index contributed by atoms with van der Waals surface area (Å²) in [5.74, 6) is 14.3. The minimum absolute atomic E-state index is 0. The normalized spacial score (nSPS) is 35.8. The van der Waals surface area contributed by atoms with Crippen LogP contribution in [-0.4, -0.2) is 81.0 Å². The van der Waals surface area contributed by atoms with E-state index in [9.17, 15) is 33.6 Å². The Labute approximate surface area is 910 Å². The fourth-order valence-corrected chi connectivity index (χ4v) is 30.2. The molecule has 14 nitrogen and oxygen atoms in total. The van der Waals surface area contributed by atoms with Crippen molar-refractivity contribution in [3.8, 4) is 0 Å². The lowest BCUT2D eigenvalue weighted by molar-refractivity contribution is -0.211. The molecule has 17 unspecified atom stereocenters. The van der Waals surface area contributed by atoms with Crippen molar-refractivity contribution >= 4 is 41.8 Å². The van der Waals surface area contributed by atoms with Gasteiger partial charge in [0.25, 0.3) is 0 Å². The average Bonchev–Trinajstić information content (AvgIpc) is 1.51. The molecule has 0 radical (unpaired) electrons. The summed E-state index contributed by atoms with van der Waals surface area (Å²) in [6.45, 7) is 66.9. The molecule has 0 heterocycles. The molecule has 19 saturated carbocycles. The van der Waals surface area contributed by atoms with Gasteiger partial charge in [0, 0.05) is 22.7 Å². The van der Waals surface area contributed by atoms with Gasteiger partial charge in [0.15, 0.2) is 0 Å². The molecule has 0 aromatic heterocycles. The minimum atomic E-state index is -0.370. The molecule has 19 rings (SSSR count). The molecule has 19 aliphatic rings. The third kappa shape index (κ3) is 31.0. The van der Waals surface area contributed by atoms with E-state index in [1.165, 1.54) is 199 Å². The summed E-state index contributed by atoms with van der Waals surface area (Å²) in [5, 5.41) is 0. The van der Waals surface area contributed by atoms with Crippen LogP contribution in [0.15, 0.2) is 0 Å². The standard InChI is InChI=1S/C19H32O2.2C17H28O2.3C17H30O2.C14H24O2.14CH4/c1-6-17(2,3)16(20)21-18(4,5)19-10-13-7-14(11-19)9-15(8-13)12-19;1-5-16(2,3)15(18)19-17(4)13-7-11-6-12(9-13)10-14(17)8-11;1-5-16(2,3)15(18)19-17(4)10-11-9-14(17)13-8-6-7-12(11)13;1-8-14(2,3)13(18)19-17(7)11-12-9-10-16(17,6)15(12,4)5;1-5-16(2,3)15(18)19-17(4)12-8-10-13-9-6-7-11-14(13)17;1-5-16(2,3)15(18)19-17(4)11-10-13-8-6-7-9-14(13)12-17;1-5-13(2,3)12(15)16-14(4)9-10-6-7-11(14)8-10;;;;;;;;;;;;;;/h13-15H,6-12H2,1-5H3;2*11-14H,5-10H2,1-4H3;12H,8-11H2,1-7H3;2*13-14H,5-12H2,1-4H3;10-11H,5-9H2,1-4H3;14*1H4. The molecular weight excluding hydrogens is 1810 g/mol. The summed E-state index contributed by atoms with van der Waals surface area (Å²) in [6.07, 6.45) is 53.5. The lowest BCUT2D eigenvalue weighted by Gasteiger charge is -2.61. The predicted molar refractivity (Wildman–Crippen MR) is 628 cm³/mol. The van der Waals surface area contributed by atoms with Crippen LogP contribution in [0.5, 0.6) is 0 Å². The van der Waals surface area contributed by atoms with Gasteiger partial charge < -0.3 is 33.2 Å². The van der Waals surface area contributed by atoms with Crippen LogP contribution in [0.4, 0.5) is 0 Å². The van der Waals surface area contributed by atoms with Crippen molar-refractivity contribution in [2.45, 2.75) is 647 Å². The highest BCUT2D eigenvalue weighted by Crippen LogP contribution is 2.72. The van der Waals surface area contributed by atoms with Crippen LogP contribution in [0.3, 0.4) is 0 Å². The number of fused-ring (bicyclic) bond motifs is 11. The van der Waals surface area contributed by atoms with E-state index in [1.807, 2.05) is 104 Å². The molecule has 0 aliphatic heterocycles. The van der Waals surface area contributed by atoms with Crippen molar-refractivity contribution in [1.82, 2.24) is 0 Å². The second kappa shape index (κ2) is 55.3. The Morgan fingerprint density at radius 3 is 1.03 bits per heavy atom. The van der Waals surface area contributed by atoms with Gasteiger partial charge in [0.2, 0.25) is 0 Å². The monoisotopic (exact) mass is 2070 g/mol. The molecule has 0 aromatic carbocycles. The topological polar surface area (TPSA) is 184 Å². The molecule has 14 bridgehead atoms. The first kappa shape index (κ1) is 149. The summed E-state index contributed by atoms with van der Waals surface area (Å²) >= 11 is 0. The molecule has 0 saturated heterocycles. The van der Waals surface area contributed by atoms with Crippen molar-refractivity contribution in [3.05, 3.63) is 0 Å². The van der Waals surface area contributed by atoms with Gasteiger partial charge in [0.05, 0.1) is 37.9 Å². The van der Waals surface area contributed by atoms with E-state index >= 15 is 0 Å². The number of carbonyl (C=O) groups excluding carboxylic acids is 7. The first-order valence-corrected chi connectivity index (χ1v) is 55.7. The number of ether oxygens (including phenoxy) is 7. The Morgan fingerprint density at radius 2 is 0.623 bits per heavy atom. The second-order valence-electron chi connectivity index (χ2n) is 55.4. The van der Waals surface area contributed by atoms with E-state index in [2.05, 4.69) is 118 Å². The third-order valence-electron chi connectivity index (χ3n) is 43.3. The molecule has 146 heavy (non-hydrogen) atoms. The van der Waals surface area contributed by atoms with Crippen LogP contribution in [0.2, 0.25) is 0 Å². The summed E-state index contributed by atoms with van der Waals surface area (Å²) < 4.78 is 42.3. The van der Waals surface area contributed by atoms with Crippen molar-refractivity contribution in [2.75, 3.05) is 0 Å². The molecule has 0 aromatic rings. The maximum Gasteiger partial charge on any atom is 0.312 e. The lowest BCUT2D eigenvalue weighted by atomic mass is 9.46. The Morgan fingerprint density at radius 1 is 0.253 bits per heavy atom. The largest absolute Gasteiger partial charge is 0.459 e. The minimum Gasteiger partial charge on any atom is -0.459 e. The van der Waals surface area contributed by atoms with Gasteiger partial charge in [-0.25, -0.2) is 0 Å². The molecule has 19 aliphatic carbocycles. The number of esters is 7. The fourth-order valence-electron chi connectivity index (χ4n) is 30.2. The molecule has 0 N–H and O–H groups in total. The van der Waals surface area contributed by atoms with Gasteiger partial charge in [-0.1, -0.05) is 225 Å². The molecule has 19 fully saturated rings. The number of hydrogen-bond donors (Lipinski definition) is 0. The van der Waals surface area contributed by atoms with Gasteiger partial charge in [-0.05, 0) is 484 Å². The van der Waals surface area contributed by atoms with Crippen LogP contribution >= 0.6 is 0 Å². The molecule has 0 amide bonds. The van der Waals surface area contributed by atoms with Crippen LogP contribution < -0.4 is 0 Å². The van der Waals surface area contributed by atoms with Crippen LogP contribution in [0, 0.1) is 161 Å². The van der Waals surface area contributed by atoms with E-state index < -0.39 is 0 Å². The third-order valence-corrected chi connectivity index (χ3v) is 43.3. The summed E-state index contributed by atoms with van der Waals surface area (Å²) in [4.78, 5) is 86.8. The van der Waals surface area contributed by atoms with Gasteiger partial charge in [-0.15, -0.1) is 0 Å². The van der Waals surface area contributed by atoms with E-state index in [1.54, 1.807) is 0 Å². The molecular formula is C132H258O14. The van der Waals surface area contributed by atoms with Gasteiger partial charge in [-0.3, -0.25) is 33.6 Å². The molecule has 0 spiro atoms. The van der Waals surface area contributed by atoms with Crippen LogP contribution in [0.1, 0.15) is 608 Å². The summed E-state index contributed by atoms with van der Waals surface area (Å²) in [6, 6.07) is 0. The quantitative estimate of drug-likeness (QED) is 0.0736. The Balaban J connectivity index is -0.000000794. The lowest BCUT2D eigenvalue weighted by Crippen LogP contribution is -2.58. The van der Waals surface area contributed by atoms with Crippen LogP contribution in [-0.2, 0) is 66.7 Å². The highest BCUT2D eigenvalue weighted by atomic mass is 16.6. The van der Waals surface area contributed by atoms with Gasteiger partial charge >= 0.3 is 41.8 Å². The molecule has 14 heteroatoms. The maximum atomic E-state index is 12.6. The van der Waals surface area contributed by atoms with E-state index in [0.29, 0.717) is 35.5 Å². The van der Waals surface area contributed by atoms with E-state index in [4.69, 9.17) is 33.2 Å².